The molecule has 1 aromatic carbocycles. The third-order valence-electron chi connectivity index (χ3n) is 2.69. The Morgan fingerprint density at radius 2 is 2.07 bits per heavy atom. The lowest BCUT2D eigenvalue weighted by molar-refractivity contribution is 0.786. The van der Waals surface area contributed by atoms with Crippen molar-refractivity contribution in [3.8, 4) is 0 Å². The van der Waals surface area contributed by atoms with E-state index in [4.69, 9.17) is 0 Å². The van der Waals surface area contributed by atoms with E-state index in [1.54, 1.807) is 0 Å². The van der Waals surface area contributed by atoms with Gasteiger partial charge in [0.15, 0.2) is 0 Å². The van der Waals surface area contributed by atoms with Crippen LogP contribution in [0.3, 0.4) is 0 Å². The molecule has 0 atom stereocenters. The molecule has 14 heavy (non-hydrogen) atoms. The SMILES string of the molecule is C=Cc1cccc(CC)c1CCCC. The molecular weight excluding hydrogens is 168 g/mol. The predicted molar refractivity (Wildman–Crippen MR) is 64.5 cm³/mol. The molecule has 0 bridgehead atoms. The van der Waals surface area contributed by atoms with Crippen LogP contribution >= 0.6 is 0 Å². The van der Waals surface area contributed by atoms with Crippen LogP contribution in [0.15, 0.2) is 24.8 Å². The molecule has 0 aliphatic rings. The summed E-state index contributed by atoms with van der Waals surface area (Å²) >= 11 is 0. The van der Waals surface area contributed by atoms with E-state index >= 15 is 0 Å². The van der Waals surface area contributed by atoms with Crippen LogP contribution in [-0.2, 0) is 12.8 Å². The lowest BCUT2D eigenvalue weighted by atomic mass is 9.95. The highest BCUT2D eigenvalue weighted by molar-refractivity contribution is 5.54. The van der Waals surface area contributed by atoms with Gasteiger partial charge in [-0.3, -0.25) is 0 Å². The van der Waals surface area contributed by atoms with Gasteiger partial charge in [-0.25, -0.2) is 0 Å². The van der Waals surface area contributed by atoms with Crippen LogP contribution in [0.4, 0.5) is 0 Å². The molecule has 0 aliphatic carbocycles. The molecule has 0 heterocycles. The smallest absolute Gasteiger partial charge is 0.0228 e. The van der Waals surface area contributed by atoms with Gasteiger partial charge in [0.05, 0.1) is 0 Å². The van der Waals surface area contributed by atoms with E-state index in [2.05, 4.69) is 38.6 Å². The summed E-state index contributed by atoms with van der Waals surface area (Å²) in [5.74, 6) is 0. The molecule has 0 fully saturated rings. The third-order valence-corrected chi connectivity index (χ3v) is 2.69. The number of benzene rings is 1. The third kappa shape index (κ3) is 2.47. The number of hydrogen-bond donors (Lipinski definition) is 0. The lowest BCUT2D eigenvalue weighted by Crippen LogP contribution is -1.96. The first-order valence-electron chi connectivity index (χ1n) is 5.56. The summed E-state index contributed by atoms with van der Waals surface area (Å²) < 4.78 is 0. The zero-order valence-corrected chi connectivity index (χ0v) is 9.34. The van der Waals surface area contributed by atoms with Crippen molar-refractivity contribution in [3.63, 3.8) is 0 Å². The summed E-state index contributed by atoms with van der Waals surface area (Å²) in [6.45, 7) is 8.33. The van der Waals surface area contributed by atoms with Crippen molar-refractivity contribution in [2.45, 2.75) is 39.5 Å². The normalized spacial score (nSPS) is 10.1. The molecule has 76 valence electrons. The van der Waals surface area contributed by atoms with Crippen LogP contribution < -0.4 is 0 Å². The van der Waals surface area contributed by atoms with E-state index in [9.17, 15) is 0 Å². The molecule has 0 unspecified atom stereocenters. The average molecular weight is 188 g/mol. The summed E-state index contributed by atoms with van der Waals surface area (Å²) in [6.07, 6.45) is 6.83. The van der Waals surface area contributed by atoms with Gasteiger partial charge in [0, 0.05) is 0 Å². The fourth-order valence-electron chi connectivity index (χ4n) is 1.84. The van der Waals surface area contributed by atoms with Crippen molar-refractivity contribution in [2.75, 3.05) is 0 Å². The van der Waals surface area contributed by atoms with Crippen LogP contribution in [-0.4, -0.2) is 0 Å². The van der Waals surface area contributed by atoms with Gasteiger partial charge in [0.2, 0.25) is 0 Å². The Morgan fingerprint density at radius 3 is 2.64 bits per heavy atom. The fourth-order valence-corrected chi connectivity index (χ4v) is 1.84. The van der Waals surface area contributed by atoms with Gasteiger partial charge in [-0.2, -0.15) is 0 Å². The van der Waals surface area contributed by atoms with E-state index in [1.807, 2.05) is 6.08 Å². The molecule has 1 rings (SSSR count). The van der Waals surface area contributed by atoms with Gasteiger partial charge in [0.1, 0.15) is 0 Å². The highest BCUT2D eigenvalue weighted by Crippen LogP contribution is 2.19. The standard InChI is InChI=1S/C14H20/c1-4-7-11-14-12(5-2)9-8-10-13(14)6-3/h5,8-10H,2,4,6-7,11H2,1,3H3. The van der Waals surface area contributed by atoms with Crippen molar-refractivity contribution in [1.82, 2.24) is 0 Å². The lowest BCUT2D eigenvalue weighted by Gasteiger charge is -2.10. The minimum absolute atomic E-state index is 1.13. The second-order valence-electron chi connectivity index (χ2n) is 3.65. The van der Waals surface area contributed by atoms with Crippen LogP contribution in [0.1, 0.15) is 43.4 Å². The maximum atomic E-state index is 3.88. The Balaban J connectivity index is 2.99. The second kappa shape index (κ2) is 5.64. The molecule has 1 aromatic rings. The molecule has 0 amide bonds. The monoisotopic (exact) mass is 188 g/mol. The van der Waals surface area contributed by atoms with Crippen LogP contribution in [0.2, 0.25) is 0 Å². The number of unbranched alkanes of at least 4 members (excludes halogenated alkanes) is 1. The van der Waals surface area contributed by atoms with E-state index in [1.165, 1.54) is 36.0 Å². The molecule has 0 heteroatoms. The van der Waals surface area contributed by atoms with Crippen LogP contribution in [0, 0.1) is 0 Å². The van der Waals surface area contributed by atoms with Crippen molar-refractivity contribution in [1.29, 1.82) is 0 Å². The van der Waals surface area contributed by atoms with Crippen LogP contribution in [0.5, 0.6) is 0 Å². The Bertz CT molecular complexity index is 297. The van der Waals surface area contributed by atoms with Gasteiger partial charge in [0.25, 0.3) is 0 Å². The largest absolute Gasteiger partial charge is 0.0985 e. The molecule has 0 spiro atoms. The number of aryl methyl sites for hydroxylation is 1. The van der Waals surface area contributed by atoms with E-state index in [0.717, 1.165) is 6.42 Å². The maximum Gasteiger partial charge on any atom is -0.0228 e. The topological polar surface area (TPSA) is 0 Å². The fraction of sp³-hybridized carbons (Fsp3) is 0.429. The van der Waals surface area contributed by atoms with Gasteiger partial charge < -0.3 is 0 Å². The van der Waals surface area contributed by atoms with Gasteiger partial charge in [-0.15, -0.1) is 0 Å². The van der Waals surface area contributed by atoms with Crippen molar-refractivity contribution in [2.24, 2.45) is 0 Å². The van der Waals surface area contributed by atoms with E-state index in [-0.39, 0.29) is 0 Å². The van der Waals surface area contributed by atoms with Crippen molar-refractivity contribution in [3.05, 3.63) is 41.5 Å². The summed E-state index contributed by atoms with van der Waals surface area (Å²) in [4.78, 5) is 0. The zero-order valence-electron chi connectivity index (χ0n) is 9.34. The molecule has 0 aliphatic heterocycles. The summed E-state index contributed by atoms with van der Waals surface area (Å²) in [5.41, 5.74) is 4.31. The first-order valence-corrected chi connectivity index (χ1v) is 5.56. The highest BCUT2D eigenvalue weighted by atomic mass is 14.1. The Morgan fingerprint density at radius 1 is 1.29 bits per heavy atom. The van der Waals surface area contributed by atoms with Gasteiger partial charge in [-0.1, -0.05) is 51.1 Å². The average Bonchev–Trinajstić information content (AvgIpc) is 2.25. The molecular formula is C14H20. The second-order valence-corrected chi connectivity index (χ2v) is 3.65. The van der Waals surface area contributed by atoms with Crippen molar-refractivity contribution < 1.29 is 0 Å². The first-order chi connectivity index (χ1) is 6.83. The Labute approximate surface area is 87.7 Å². The molecule has 0 radical (unpaired) electrons. The predicted octanol–water partition coefficient (Wildman–Crippen LogP) is 4.23. The van der Waals surface area contributed by atoms with Gasteiger partial charge >= 0.3 is 0 Å². The number of hydrogen-bond acceptors (Lipinski definition) is 0. The minimum atomic E-state index is 1.13. The van der Waals surface area contributed by atoms with Gasteiger partial charge in [-0.05, 0) is 36.0 Å². The summed E-state index contributed by atoms with van der Waals surface area (Å²) in [7, 11) is 0. The number of rotatable bonds is 5. The molecule has 0 saturated carbocycles. The summed E-state index contributed by atoms with van der Waals surface area (Å²) in [5, 5.41) is 0. The Hall–Kier alpha value is -1.04. The minimum Gasteiger partial charge on any atom is -0.0985 e. The molecule has 0 N–H and O–H groups in total. The maximum absolute atomic E-state index is 3.88. The van der Waals surface area contributed by atoms with Crippen LogP contribution in [0.25, 0.3) is 6.08 Å². The summed E-state index contributed by atoms with van der Waals surface area (Å²) in [6, 6.07) is 6.53. The zero-order chi connectivity index (χ0) is 10.4. The van der Waals surface area contributed by atoms with Crippen molar-refractivity contribution >= 4 is 6.08 Å². The highest BCUT2D eigenvalue weighted by Gasteiger charge is 2.03. The van der Waals surface area contributed by atoms with E-state index < -0.39 is 0 Å². The molecule has 0 aromatic heterocycles. The van der Waals surface area contributed by atoms with E-state index in [0.29, 0.717) is 0 Å². The first kappa shape index (κ1) is 11.0. The molecule has 0 saturated heterocycles. The quantitative estimate of drug-likeness (QED) is 0.648. The Kier molecular flexibility index (Phi) is 4.45. The molecule has 0 nitrogen and oxygen atoms in total.